The largest absolute Gasteiger partial charge is 0.126 e. The fraction of sp³-hybridized carbons (Fsp3) is 0.250. The molecule has 0 atom stereocenters. The van der Waals surface area contributed by atoms with Crippen LogP contribution in [0.15, 0.2) is 35.8 Å². The van der Waals surface area contributed by atoms with Gasteiger partial charge in [-0.1, -0.05) is 25.3 Å². The Bertz CT molecular complexity index is 147. The molecule has 0 aromatic heterocycles. The summed E-state index contributed by atoms with van der Waals surface area (Å²) in [5.41, 5.74) is 1.36. The second-order valence-electron chi connectivity index (χ2n) is 1.90. The summed E-state index contributed by atoms with van der Waals surface area (Å²) < 4.78 is 0. The van der Waals surface area contributed by atoms with Gasteiger partial charge < -0.3 is 0 Å². The highest BCUT2D eigenvalue weighted by molar-refractivity contribution is 8.03. The quantitative estimate of drug-likeness (QED) is 0.565. The molecule has 0 aromatic rings. The van der Waals surface area contributed by atoms with Gasteiger partial charge in [0, 0.05) is 10.7 Å². The number of hydrogen-bond donors (Lipinski definition) is 0. The van der Waals surface area contributed by atoms with E-state index in [-0.39, 0.29) is 0 Å². The number of thioether (sulfide) groups is 1. The summed E-state index contributed by atoms with van der Waals surface area (Å²) in [7, 11) is 0. The third kappa shape index (κ3) is 1.28. The van der Waals surface area contributed by atoms with Crippen LogP contribution in [0.3, 0.4) is 0 Å². The van der Waals surface area contributed by atoms with Gasteiger partial charge in [0.2, 0.25) is 0 Å². The van der Waals surface area contributed by atoms with Crippen molar-refractivity contribution >= 4 is 11.8 Å². The number of allylic oxidation sites excluding steroid dienone is 3. The van der Waals surface area contributed by atoms with E-state index < -0.39 is 0 Å². The van der Waals surface area contributed by atoms with Crippen molar-refractivity contribution in [1.29, 1.82) is 0 Å². The first-order valence-electron chi connectivity index (χ1n) is 2.99. The molecule has 1 rings (SSSR count). The van der Waals surface area contributed by atoms with Gasteiger partial charge in [-0.15, -0.1) is 11.8 Å². The fourth-order valence-corrected chi connectivity index (χ4v) is 1.91. The number of rotatable bonds is 2. The lowest BCUT2D eigenvalue weighted by Gasteiger charge is -1.90. The van der Waals surface area contributed by atoms with E-state index >= 15 is 0 Å². The minimum atomic E-state index is 1.16. The predicted octanol–water partition coefficient (Wildman–Crippen LogP) is 2.75. The van der Waals surface area contributed by atoms with Gasteiger partial charge in [-0.05, 0) is 12.0 Å². The summed E-state index contributed by atoms with van der Waals surface area (Å²) in [6.07, 6.45) is 5.00. The highest BCUT2D eigenvalue weighted by atomic mass is 32.2. The maximum Gasteiger partial charge on any atom is 0.00983 e. The molecule has 1 heteroatoms. The fourth-order valence-electron chi connectivity index (χ4n) is 0.880. The van der Waals surface area contributed by atoms with E-state index in [1.165, 1.54) is 16.2 Å². The van der Waals surface area contributed by atoms with Gasteiger partial charge in [0.15, 0.2) is 0 Å². The molecule has 1 aliphatic rings. The molecule has 0 aromatic carbocycles. The van der Waals surface area contributed by atoms with Crippen molar-refractivity contribution in [1.82, 2.24) is 0 Å². The van der Waals surface area contributed by atoms with Crippen molar-refractivity contribution in [3.63, 3.8) is 0 Å². The third-order valence-electron chi connectivity index (χ3n) is 1.38. The first-order valence-corrected chi connectivity index (χ1v) is 3.98. The van der Waals surface area contributed by atoms with Crippen LogP contribution in [-0.4, -0.2) is 5.75 Å². The Kier molecular flexibility index (Phi) is 2.17. The maximum atomic E-state index is 3.72. The molecule has 0 aliphatic carbocycles. The van der Waals surface area contributed by atoms with Crippen molar-refractivity contribution in [2.45, 2.75) is 6.42 Å². The molecule has 9 heavy (non-hydrogen) atoms. The smallest absolute Gasteiger partial charge is 0.00983 e. The topological polar surface area (TPSA) is 0 Å². The first kappa shape index (κ1) is 6.69. The molecule has 0 N–H and O–H groups in total. The van der Waals surface area contributed by atoms with Crippen LogP contribution in [0.25, 0.3) is 0 Å². The molecule has 48 valence electrons. The summed E-state index contributed by atoms with van der Waals surface area (Å²) in [6.45, 7) is 7.44. The molecule has 0 radical (unpaired) electrons. The average molecular weight is 138 g/mol. The molecule has 1 heterocycles. The van der Waals surface area contributed by atoms with Gasteiger partial charge in [-0.2, -0.15) is 0 Å². The van der Waals surface area contributed by atoms with Gasteiger partial charge in [-0.25, -0.2) is 0 Å². The van der Waals surface area contributed by atoms with Gasteiger partial charge in [-0.3, -0.25) is 0 Å². The number of hydrogen-bond acceptors (Lipinski definition) is 1. The molecule has 0 unspecified atom stereocenters. The van der Waals surface area contributed by atoms with Crippen molar-refractivity contribution < 1.29 is 0 Å². The van der Waals surface area contributed by atoms with Gasteiger partial charge in [0.1, 0.15) is 0 Å². The van der Waals surface area contributed by atoms with Gasteiger partial charge in [0.25, 0.3) is 0 Å². The Balaban J connectivity index is 2.81. The van der Waals surface area contributed by atoms with Crippen LogP contribution < -0.4 is 0 Å². The monoisotopic (exact) mass is 138 g/mol. The zero-order chi connectivity index (χ0) is 6.69. The van der Waals surface area contributed by atoms with E-state index in [1.54, 1.807) is 0 Å². The lowest BCUT2D eigenvalue weighted by atomic mass is 10.2. The summed E-state index contributed by atoms with van der Waals surface area (Å²) in [4.78, 5) is 1.31. The zero-order valence-electron chi connectivity index (χ0n) is 5.39. The van der Waals surface area contributed by atoms with E-state index in [2.05, 4.69) is 13.2 Å². The van der Waals surface area contributed by atoms with E-state index in [0.29, 0.717) is 0 Å². The Morgan fingerprint density at radius 2 is 2.11 bits per heavy atom. The third-order valence-corrected chi connectivity index (χ3v) is 2.53. The second-order valence-corrected chi connectivity index (χ2v) is 3.03. The highest BCUT2D eigenvalue weighted by Crippen LogP contribution is 2.31. The summed E-state index contributed by atoms with van der Waals surface area (Å²) in [5.74, 6) is 1.20. The van der Waals surface area contributed by atoms with Crippen LogP contribution in [0, 0.1) is 0 Å². The Labute approximate surface area is 60.3 Å². The van der Waals surface area contributed by atoms with Gasteiger partial charge in [0.05, 0.1) is 0 Å². The van der Waals surface area contributed by atoms with Gasteiger partial charge >= 0.3 is 0 Å². The second kappa shape index (κ2) is 2.92. The SMILES string of the molecule is C=CC1=C(C=C)SCC1. The zero-order valence-corrected chi connectivity index (χ0v) is 6.21. The molecular weight excluding hydrogens is 128 g/mol. The Hall–Kier alpha value is -0.430. The molecule has 0 bridgehead atoms. The summed E-state index contributed by atoms with van der Waals surface area (Å²) >= 11 is 1.87. The molecular formula is C8H10S. The maximum absolute atomic E-state index is 3.72. The van der Waals surface area contributed by atoms with Crippen molar-refractivity contribution in [2.75, 3.05) is 5.75 Å². The van der Waals surface area contributed by atoms with Crippen molar-refractivity contribution in [2.24, 2.45) is 0 Å². The molecule has 0 amide bonds. The van der Waals surface area contributed by atoms with E-state index in [0.717, 1.165) is 6.42 Å². The summed E-state index contributed by atoms with van der Waals surface area (Å²) in [6, 6.07) is 0. The standard InChI is InChI=1S/C8H10S/c1-3-7-5-6-9-8(7)4-2/h3-4H,1-2,5-6H2. The van der Waals surface area contributed by atoms with E-state index in [1.807, 2.05) is 23.9 Å². The minimum absolute atomic E-state index is 1.16. The molecule has 0 saturated heterocycles. The van der Waals surface area contributed by atoms with Crippen LogP contribution in [0.5, 0.6) is 0 Å². The van der Waals surface area contributed by atoms with E-state index in [4.69, 9.17) is 0 Å². The normalized spacial score (nSPS) is 18.2. The van der Waals surface area contributed by atoms with E-state index in [9.17, 15) is 0 Å². The first-order chi connectivity index (χ1) is 4.38. The van der Waals surface area contributed by atoms with Crippen LogP contribution in [-0.2, 0) is 0 Å². The molecule has 0 fully saturated rings. The van der Waals surface area contributed by atoms with Crippen LogP contribution in [0.4, 0.5) is 0 Å². The predicted molar refractivity (Wildman–Crippen MR) is 44.5 cm³/mol. The van der Waals surface area contributed by atoms with Crippen LogP contribution in [0.1, 0.15) is 6.42 Å². The van der Waals surface area contributed by atoms with Crippen LogP contribution >= 0.6 is 11.8 Å². The lowest BCUT2D eigenvalue weighted by Crippen LogP contribution is -1.71. The molecule has 0 saturated carbocycles. The molecule has 0 spiro atoms. The Morgan fingerprint density at radius 1 is 1.33 bits per heavy atom. The highest BCUT2D eigenvalue weighted by Gasteiger charge is 2.08. The lowest BCUT2D eigenvalue weighted by molar-refractivity contribution is 1.20. The van der Waals surface area contributed by atoms with Crippen molar-refractivity contribution in [3.05, 3.63) is 35.8 Å². The molecule has 0 nitrogen and oxygen atoms in total. The van der Waals surface area contributed by atoms with Crippen LogP contribution in [0.2, 0.25) is 0 Å². The summed E-state index contributed by atoms with van der Waals surface area (Å²) in [5, 5.41) is 0. The molecule has 1 aliphatic heterocycles. The minimum Gasteiger partial charge on any atom is -0.126 e. The average Bonchev–Trinajstić information content (AvgIpc) is 2.33. The Morgan fingerprint density at radius 3 is 2.56 bits per heavy atom. The van der Waals surface area contributed by atoms with Crippen molar-refractivity contribution in [3.8, 4) is 0 Å².